The molecule has 0 saturated carbocycles. The minimum Gasteiger partial charge on any atom is -0.0579 e. The van der Waals surface area contributed by atoms with Gasteiger partial charge in [0.05, 0.1) is 0 Å². The van der Waals surface area contributed by atoms with Gasteiger partial charge >= 0.3 is 0 Å². The number of hydrogen-bond donors (Lipinski definition) is 0. The minimum atomic E-state index is 0.145. The van der Waals surface area contributed by atoms with Crippen LogP contribution in [-0.2, 0) is 43.3 Å². The molecule has 0 aromatic heterocycles. The van der Waals surface area contributed by atoms with Crippen molar-refractivity contribution in [3.63, 3.8) is 0 Å². The number of rotatable bonds is 0. The standard InChI is InChI=1S/2C22H38/c2*1-19(2,3)15-13-14-16(20(4,5)6)18(22(10,11)12)17(15)21(7,8)9/h2*13-14H,1-12H3. The average molecular weight is 605 g/mol. The highest BCUT2D eigenvalue weighted by atomic mass is 14.4. The van der Waals surface area contributed by atoms with Crippen LogP contribution in [0.2, 0.25) is 0 Å². The lowest BCUT2D eigenvalue weighted by atomic mass is 9.64. The first-order valence-corrected chi connectivity index (χ1v) is 17.3. The molecule has 0 aliphatic rings. The molecule has 0 saturated heterocycles. The summed E-state index contributed by atoms with van der Waals surface area (Å²) < 4.78 is 0. The molecule has 0 nitrogen and oxygen atoms in total. The molecule has 0 atom stereocenters. The van der Waals surface area contributed by atoms with Gasteiger partial charge in [-0.05, 0) is 87.8 Å². The van der Waals surface area contributed by atoms with E-state index >= 15 is 0 Å². The highest BCUT2D eigenvalue weighted by molar-refractivity contribution is 5.54. The van der Waals surface area contributed by atoms with Crippen LogP contribution in [0, 0.1) is 0 Å². The second-order valence-corrected chi connectivity index (χ2v) is 21.8. The van der Waals surface area contributed by atoms with Gasteiger partial charge in [-0.3, -0.25) is 0 Å². The topological polar surface area (TPSA) is 0 Å². The van der Waals surface area contributed by atoms with Crippen LogP contribution in [0.5, 0.6) is 0 Å². The predicted octanol–water partition coefficient (Wildman–Crippen LogP) is 13.8. The van der Waals surface area contributed by atoms with E-state index in [1.165, 1.54) is 22.3 Å². The number of benzene rings is 2. The molecule has 252 valence electrons. The molecule has 0 heterocycles. The fraction of sp³-hybridized carbons (Fsp3) is 0.727. The maximum Gasteiger partial charge on any atom is -0.0126 e. The average Bonchev–Trinajstić information content (AvgIpc) is 2.72. The van der Waals surface area contributed by atoms with Crippen LogP contribution in [0.3, 0.4) is 0 Å². The molecule has 0 bridgehead atoms. The molecule has 2 aromatic carbocycles. The summed E-state index contributed by atoms with van der Waals surface area (Å²) in [6.07, 6.45) is 0. The van der Waals surface area contributed by atoms with Crippen molar-refractivity contribution in [2.75, 3.05) is 0 Å². The van der Waals surface area contributed by atoms with Crippen LogP contribution in [-0.4, -0.2) is 0 Å². The monoisotopic (exact) mass is 605 g/mol. The van der Waals surface area contributed by atoms with Gasteiger partial charge in [-0.15, -0.1) is 0 Å². The summed E-state index contributed by atoms with van der Waals surface area (Å²) in [6.45, 7) is 56.3. The van der Waals surface area contributed by atoms with Gasteiger partial charge in [0.2, 0.25) is 0 Å². The Morgan fingerprint density at radius 1 is 0.205 bits per heavy atom. The molecule has 0 fully saturated rings. The van der Waals surface area contributed by atoms with Crippen molar-refractivity contribution < 1.29 is 0 Å². The van der Waals surface area contributed by atoms with E-state index in [-0.39, 0.29) is 43.3 Å². The van der Waals surface area contributed by atoms with Crippen LogP contribution in [0.15, 0.2) is 24.3 Å². The molecule has 0 aliphatic heterocycles. The van der Waals surface area contributed by atoms with Gasteiger partial charge in [-0.2, -0.15) is 0 Å². The Morgan fingerprint density at radius 3 is 0.386 bits per heavy atom. The van der Waals surface area contributed by atoms with E-state index in [1.54, 1.807) is 22.3 Å². The Bertz CT molecular complexity index is 1060. The zero-order valence-electron chi connectivity index (χ0n) is 34.3. The molecule has 0 N–H and O–H groups in total. The van der Waals surface area contributed by atoms with Gasteiger partial charge in [-0.25, -0.2) is 0 Å². The summed E-state index contributed by atoms with van der Waals surface area (Å²) in [4.78, 5) is 0. The Labute approximate surface area is 277 Å². The van der Waals surface area contributed by atoms with Crippen LogP contribution in [0.4, 0.5) is 0 Å². The van der Waals surface area contributed by atoms with E-state index in [4.69, 9.17) is 0 Å². The smallest absolute Gasteiger partial charge is 0.0126 e. The Hall–Kier alpha value is -1.56. The third kappa shape index (κ3) is 9.72. The first-order valence-electron chi connectivity index (χ1n) is 17.3. The third-order valence-electron chi connectivity index (χ3n) is 8.64. The molecular formula is C44H76. The second kappa shape index (κ2) is 12.2. The second-order valence-electron chi connectivity index (χ2n) is 21.8. The maximum atomic E-state index is 2.39. The van der Waals surface area contributed by atoms with Crippen molar-refractivity contribution >= 4 is 0 Å². The molecule has 0 amide bonds. The third-order valence-corrected chi connectivity index (χ3v) is 8.64. The van der Waals surface area contributed by atoms with Crippen molar-refractivity contribution in [1.29, 1.82) is 0 Å². The molecule has 0 radical (unpaired) electrons. The molecule has 2 rings (SSSR count). The van der Waals surface area contributed by atoms with Crippen molar-refractivity contribution in [3.8, 4) is 0 Å². The fourth-order valence-corrected chi connectivity index (χ4v) is 6.82. The van der Waals surface area contributed by atoms with Crippen LogP contribution in [0.1, 0.15) is 211 Å². The Kier molecular flexibility index (Phi) is 11.2. The van der Waals surface area contributed by atoms with Crippen molar-refractivity contribution in [3.05, 3.63) is 68.8 Å². The van der Waals surface area contributed by atoms with Crippen molar-refractivity contribution in [2.45, 2.75) is 209 Å². The van der Waals surface area contributed by atoms with Gasteiger partial charge < -0.3 is 0 Å². The summed E-state index contributed by atoms with van der Waals surface area (Å²) in [6, 6.07) is 9.54. The Morgan fingerprint density at radius 2 is 0.318 bits per heavy atom. The molecule has 0 spiro atoms. The van der Waals surface area contributed by atoms with E-state index in [2.05, 4.69) is 190 Å². The molecule has 2 aromatic rings. The van der Waals surface area contributed by atoms with E-state index < -0.39 is 0 Å². The molecule has 0 heteroatoms. The summed E-state index contributed by atoms with van der Waals surface area (Å²) in [5, 5.41) is 0. The quantitative estimate of drug-likeness (QED) is 0.280. The van der Waals surface area contributed by atoms with Crippen molar-refractivity contribution in [1.82, 2.24) is 0 Å². The minimum absolute atomic E-state index is 0.145. The van der Waals surface area contributed by atoms with Gasteiger partial charge in [0.15, 0.2) is 0 Å². The summed E-state index contributed by atoms with van der Waals surface area (Å²) in [5.41, 5.74) is 13.5. The first kappa shape index (κ1) is 40.5. The molecule has 0 unspecified atom stereocenters. The number of hydrogen-bond acceptors (Lipinski definition) is 0. The summed E-state index contributed by atoms with van der Waals surface area (Å²) in [7, 11) is 0. The first-order chi connectivity index (χ1) is 18.9. The maximum absolute atomic E-state index is 2.39. The van der Waals surface area contributed by atoms with Gasteiger partial charge in [0.1, 0.15) is 0 Å². The fourth-order valence-electron chi connectivity index (χ4n) is 6.82. The van der Waals surface area contributed by atoms with Crippen LogP contribution in [0.25, 0.3) is 0 Å². The normalized spacial score (nSPS) is 14.4. The van der Waals surface area contributed by atoms with Gasteiger partial charge in [0.25, 0.3) is 0 Å². The highest BCUT2D eigenvalue weighted by Crippen LogP contribution is 2.46. The van der Waals surface area contributed by atoms with E-state index in [1.807, 2.05) is 0 Å². The highest BCUT2D eigenvalue weighted by Gasteiger charge is 2.37. The molecular weight excluding hydrogens is 528 g/mol. The predicted molar refractivity (Wildman–Crippen MR) is 202 cm³/mol. The van der Waals surface area contributed by atoms with E-state index in [0.717, 1.165) is 0 Å². The summed E-state index contributed by atoms with van der Waals surface area (Å²) >= 11 is 0. The molecule has 44 heavy (non-hydrogen) atoms. The zero-order chi connectivity index (χ0) is 35.4. The van der Waals surface area contributed by atoms with Crippen LogP contribution >= 0.6 is 0 Å². The van der Waals surface area contributed by atoms with E-state index in [0.29, 0.717) is 0 Å². The largest absolute Gasteiger partial charge is 0.0579 e. The van der Waals surface area contributed by atoms with Gasteiger partial charge in [-0.1, -0.05) is 190 Å². The SMILES string of the molecule is CC(C)(C)c1ccc(C(C)(C)C)c(C(C)(C)C)c1C(C)(C)C.CC(C)(C)c1ccc(C(C)(C)C)c(C(C)(C)C)c1C(C)(C)C. The lowest BCUT2D eigenvalue weighted by Crippen LogP contribution is -2.31. The molecule has 0 aliphatic carbocycles. The Balaban J connectivity index is 0.000000440. The zero-order valence-corrected chi connectivity index (χ0v) is 34.3. The summed E-state index contributed by atoms with van der Waals surface area (Å²) in [5.74, 6) is 0. The lowest BCUT2D eigenvalue weighted by Gasteiger charge is -2.40. The van der Waals surface area contributed by atoms with Gasteiger partial charge in [0, 0.05) is 0 Å². The van der Waals surface area contributed by atoms with Crippen molar-refractivity contribution in [2.24, 2.45) is 0 Å². The lowest BCUT2D eigenvalue weighted by molar-refractivity contribution is 0.477. The van der Waals surface area contributed by atoms with E-state index in [9.17, 15) is 0 Å². The van der Waals surface area contributed by atoms with Crippen LogP contribution < -0.4 is 0 Å².